The predicted molar refractivity (Wildman–Crippen MR) is 68.8 cm³/mol. The van der Waals surface area contributed by atoms with Crippen LogP contribution in [-0.4, -0.2) is 63.8 Å². The van der Waals surface area contributed by atoms with Crippen molar-refractivity contribution < 1.29 is 19.8 Å². The molecular weight excluding hydrogens is 248 g/mol. The summed E-state index contributed by atoms with van der Waals surface area (Å²) in [6.45, 7) is 0.935. The fourth-order valence-electron chi connectivity index (χ4n) is 2.91. The summed E-state index contributed by atoms with van der Waals surface area (Å²) in [7, 11) is 0. The van der Waals surface area contributed by atoms with Gasteiger partial charge in [-0.3, -0.25) is 4.79 Å². The van der Waals surface area contributed by atoms with Gasteiger partial charge in [-0.05, 0) is 32.1 Å². The van der Waals surface area contributed by atoms with Gasteiger partial charge in [0.15, 0.2) is 0 Å². The van der Waals surface area contributed by atoms with Gasteiger partial charge in [-0.2, -0.15) is 0 Å². The monoisotopic (exact) mass is 270 g/mol. The molecule has 1 unspecified atom stereocenters. The van der Waals surface area contributed by atoms with E-state index >= 15 is 0 Å². The van der Waals surface area contributed by atoms with Gasteiger partial charge in [0.1, 0.15) is 0 Å². The fraction of sp³-hybridized carbons (Fsp3) is 0.846. The second-order valence-corrected chi connectivity index (χ2v) is 5.37. The van der Waals surface area contributed by atoms with Crippen molar-refractivity contribution in [3.63, 3.8) is 0 Å². The number of hydrogen-bond acceptors (Lipinski definition) is 3. The van der Waals surface area contributed by atoms with Gasteiger partial charge >= 0.3 is 12.0 Å². The van der Waals surface area contributed by atoms with Gasteiger partial charge in [-0.25, -0.2) is 4.79 Å². The third-order valence-electron chi connectivity index (χ3n) is 4.14. The highest BCUT2D eigenvalue weighted by Crippen LogP contribution is 2.28. The summed E-state index contributed by atoms with van der Waals surface area (Å²) >= 11 is 0. The van der Waals surface area contributed by atoms with Crippen molar-refractivity contribution in [1.29, 1.82) is 0 Å². The fourth-order valence-corrected chi connectivity index (χ4v) is 2.91. The van der Waals surface area contributed by atoms with Crippen molar-refractivity contribution in [2.75, 3.05) is 19.7 Å². The number of urea groups is 1. The molecule has 6 nitrogen and oxygen atoms in total. The topological polar surface area (TPSA) is 81.1 Å². The largest absolute Gasteiger partial charge is 0.481 e. The molecule has 0 aromatic heterocycles. The molecule has 2 rings (SSSR count). The van der Waals surface area contributed by atoms with E-state index in [4.69, 9.17) is 10.2 Å². The minimum Gasteiger partial charge on any atom is -0.481 e. The molecule has 6 heteroatoms. The smallest absolute Gasteiger partial charge is 0.320 e. The second kappa shape index (κ2) is 6.23. The zero-order chi connectivity index (χ0) is 13.8. The summed E-state index contributed by atoms with van der Waals surface area (Å²) in [5.41, 5.74) is 0. The molecule has 2 amide bonds. The Hall–Kier alpha value is -1.30. The first-order valence-corrected chi connectivity index (χ1v) is 7.03. The molecular formula is C13H22N2O4. The highest BCUT2D eigenvalue weighted by Gasteiger charge is 2.36. The molecule has 1 heterocycles. The molecule has 1 aliphatic carbocycles. The summed E-state index contributed by atoms with van der Waals surface area (Å²) in [4.78, 5) is 26.7. The van der Waals surface area contributed by atoms with Gasteiger partial charge in [0.25, 0.3) is 0 Å². The minimum absolute atomic E-state index is 0.0172. The molecule has 2 N–H and O–H groups in total. The van der Waals surface area contributed by atoms with E-state index in [2.05, 4.69) is 0 Å². The molecule has 0 bridgehead atoms. The summed E-state index contributed by atoms with van der Waals surface area (Å²) in [5.74, 6) is -0.859. The zero-order valence-corrected chi connectivity index (χ0v) is 11.1. The molecule has 108 valence electrons. The Bertz CT molecular complexity index is 344. The third-order valence-corrected chi connectivity index (χ3v) is 4.14. The van der Waals surface area contributed by atoms with Crippen molar-refractivity contribution in [3.05, 3.63) is 0 Å². The minimum atomic E-state index is -0.859. The quantitative estimate of drug-likeness (QED) is 0.777. The second-order valence-electron chi connectivity index (χ2n) is 5.37. The lowest BCUT2D eigenvalue weighted by atomic mass is 9.91. The molecule has 1 saturated heterocycles. The standard InChI is InChI=1S/C13H22N2O4/c16-8-7-15(10-3-1-4-10)13(19)14-6-2-5-11(14)9-12(17)18/h10-11,16H,1-9H2,(H,17,18). The van der Waals surface area contributed by atoms with Crippen molar-refractivity contribution in [2.45, 2.75) is 50.6 Å². The van der Waals surface area contributed by atoms with Gasteiger partial charge in [-0.15, -0.1) is 0 Å². The zero-order valence-electron chi connectivity index (χ0n) is 11.1. The van der Waals surface area contributed by atoms with Crippen LogP contribution in [0.1, 0.15) is 38.5 Å². The van der Waals surface area contributed by atoms with Crippen LogP contribution in [0.5, 0.6) is 0 Å². The van der Waals surface area contributed by atoms with Crippen LogP contribution in [0.15, 0.2) is 0 Å². The molecule has 2 fully saturated rings. The van der Waals surface area contributed by atoms with Crippen LogP contribution in [0.2, 0.25) is 0 Å². The number of hydrogen-bond donors (Lipinski definition) is 2. The lowest BCUT2D eigenvalue weighted by Crippen LogP contribution is -2.53. The molecule has 2 aliphatic rings. The number of likely N-dealkylation sites (tertiary alicyclic amines) is 1. The number of amides is 2. The van der Waals surface area contributed by atoms with E-state index in [1.54, 1.807) is 9.80 Å². The van der Waals surface area contributed by atoms with Gasteiger partial charge in [0, 0.05) is 25.2 Å². The normalized spacial score (nSPS) is 23.2. The number of aliphatic carboxylic acids is 1. The maximum Gasteiger partial charge on any atom is 0.320 e. The molecule has 0 aromatic carbocycles. The third kappa shape index (κ3) is 3.18. The Balaban J connectivity index is 2.00. The Labute approximate surface area is 113 Å². The number of rotatable bonds is 5. The number of carboxylic acids is 1. The number of aliphatic hydroxyl groups excluding tert-OH is 1. The van der Waals surface area contributed by atoms with Crippen molar-refractivity contribution in [2.24, 2.45) is 0 Å². The first-order valence-electron chi connectivity index (χ1n) is 7.03. The highest BCUT2D eigenvalue weighted by molar-refractivity contribution is 5.77. The molecule has 0 spiro atoms. The maximum atomic E-state index is 12.5. The number of aliphatic hydroxyl groups is 1. The number of carbonyl (C=O) groups excluding carboxylic acids is 1. The molecule has 1 aliphatic heterocycles. The number of nitrogens with zero attached hydrogens (tertiary/aromatic N) is 2. The Morgan fingerprint density at radius 2 is 1.95 bits per heavy atom. The lowest BCUT2D eigenvalue weighted by Gasteiger charge is -2.40. The number of carbonyl (C=O) groups is 2. The lowest BCUT2D eigenvalue weighted by molar-refractivity contribution is -0.138. The summed E-state index contributed by atoms with van der Waals surface area (Å²) in [6.07, 6.45) is 4.74. The maximum absolute atomic E-state index is 12.5. The van der Waals surface area contributed by atoms with Gasteiger partial charge in [0.05, 0.1) is 13.0 Å². The van der Waals surface area contributed by atoms with Crippen molar-refractivity contribution >= 4 is 12.0 Å². The van der Waals surface area contributed by atoms with Crippen LogP contribution >= 0.6 is 0 Å². The van der Waals surface area contributed by atoms with E-state index in [0.29, 0.717) is 13.1 Å². The molecule has 0 radical (unpaired) electrons. The van der Waals surface area contributed by atoms with E-state index in [-0.39, 0.29) is 31.1 Å². The first-order chi connectivity index (χ1) is 9.13. The molecule has 0 aromatic rings. The Kier molecular flexibility index (Phi) is 4.63. The van der Waals surface area contributed by atoms with Gasteiger partial charge in [0.2, 0.25) is 0 Å². The van der Waals surface area contributed by atoms with Crippen LogP contribution in [0, 0.1) is 0 Å². The van der Waals surface area contributed by atoms with Gasteiger partial charge in [-0.1, -0.05) is 0 Å². The summed E-state index contributed by atoms with van der Waals surface area (Å²) < 4.78 is 0. The van der Waals surface area contributed by atoms with Crippen LogP contribution in [0.25, 0.3) is 0 Å². The van der Waals surface area contributed by atoms with E-state index in [0.717, 1.165) is 32.1 Å². The van der Waals surface area contributed by atoms with E-state index in [1.165, 1.54) is 0 Å². The average Bonchev–Trinajstić information content (AvgIpc) is 2.72. The SMILES string of the molecule is O=C(O)CC1CCCN1C(=O)N(CCO)C1CCC1. The predicted octanol–water partition coefficient (Wildman–Crippen LogP) is 0.892. The molecule has 1 atom stereocenters. The molecule has 1 saturated carbocycles. The van der Waals surface area contributed by atoms with Crippen LogP contribution < -0.4 is 0 Å². The van der Waals surface area contributed by atoms with Crippen LogP contribution in [-0.2, 0) is 4.79 Å². The highest BCUT2D eigenvalue weighted by atomic mass is 16.4. The number of carboxylic acid groups (broad SMARTS) is 1. The summed E-state index contributed by atoms with van der Waals surface area (Å²) in [5, 5.41) is 18.0. The molecule has 19 heavy (non-hydrogen) atoms. The van der Waals surface area contributed by atoms with E-state index < -0.39 is 5.97 Å². The Morgan fingerprint density at radius 3 is 2.47 bits per heavy atom. The summed E-state index contributed by atoms with van der Waals surface area (Å²) in [6, 6.07) is -0.0560. The van der Waals surface area contributed by atoms with Gasteiger partial charge < -0.3 is 20.0 Å². The Morgan fingerprint density at radius 1 is 1.21 bits per heavy atom. The van der Waals surface area contributed by atoms with E-state index in [9.17, 15) is 9.59 Å². The van der Waals surface area contributed by atoms with E-state index in [1.807, 2.05) is 0 Å². The van der Waals surface area contributed by atoms with Crippen LogP contribution in [0.3, 0.4) is 0 Å². The van der Waals surface area contributed by atoms with Crippen LogP contribution in [0.4, 0.5) is 4.79 Å². The van der Waals surface area contributed by atoms with Crippen molar-refractivity contribution in [1.82, 2.24) is 9.80 Å². The first kappa shape index (κ1) is 14.1. The van der Waals surface area contributed by atoms with Crippen molar-refractivity contribution in [3.8, 4) is 0 Å². The average molecular weight is 270 g/mol.